The van der Waals surface area contributed by atoms with Crippen molar-refractivity contribution in [3.8, 4) is 22.6 Å². The zero-order chi connectivity index (χ0) is 27.1. The maximum Gasteiger partial charge on any atom is 0.418 e. The zero-order valence-corrected chi connectivity index (χ0v) is 20.2. The van der Waals surface area contributed by atoms with E-state index in [-0.39, 0.29) is 34.3 Å². The molecule has 1 aliphatic carbocycles. The summed E-state index contributed by atoms with van der Waals surface area (Å²) in [5, 5.41) is 13.0. The molecule has 39 heavy (non-hydrogen) atoms. The second-order valence-corrected chi connectivity index (χ2v) is 9.65. The monoisotopic (exact) mass is 528 g/mol. The van der Waals surface area contributed by atoms with Crippen LogP contribution in [-0.4, -0.2) is 31.4 Å². The molecule has 1 fully saturated rings. The lowest BCUT2D eigenvalue weighted by atomic mass is 10.00. The molecule has 0 spiro atoms. The van der Waals surface area contributed by atoms with E-state index in [0.29, 0.717) is 22.6 Å². The fourth-order valence-electron chi connectivity index (χ4n) is 5.37. The molecule has 2 aromatic heterocycles. The SMILES string of the molecule is NC(=O)c1c(-c2ccc(-n3cccn3)c(C(F)(F)F)c2)nn(-c2ccc3c4c(cccc24)C(=O)N3)c1C1CC1. The smallest absolute Gasteiger partial charge is 0.365 e. The van der Waals surface area contributed by atoms with Crippen LogP contribution in [0.3, 0.4) is 0 Å². The summed E-state index contributed by atoms with van der Waals surface area (Å²) < 4.78 is 45.3. The standard InChI is InChI=1S/C28H19F3N6O2/c29-28(30,31)18-13-15(7-9-21(18)36-12-2-11-33-36)24-23(26(32)38)25(14-5-6-14)37(35-24)20-10-8-19-22-16(20)3-1-4-17(22)27(39)34-19/h1-4,7-14H,5-6H2,(H2,32,38)(H,34,39). The van der Waals surface area contributed by atoms with Crippen molar-refractivity contribution in [2.75, 3.05) is 5.32 Å². The van der Waals surface area contributed by atoms with Gasteiger partial charge in [0.15, 0.2) is 0 Å². The van der Waals surface area contributed by atoms with Gasteiger partial charge in [-0.3, -0.25) is 9.59 Å². The maximum absolute atomic E-state index is 14.2. The van der Waals surface area contributed by atoms with Crippen molar-refractivity contribution in [2.24, 2.45) is 5.73 Å². The van der Waals surface area contributed by atoms with E-state index in [9.17, 15) is 22.8 Å². The van der Waals surface area contributed by atoms with Gasteiger partial charge in [0.2, 0.25) is 0 Å². The average molecular weight is 528 g/mol. The van der Waals surface area contributed by atoms with Crippen LogP contribution < -0.4 is 11.1 Å². The van der Waals surface area contributed by atoms with E-state index in [1.165, 1.54) is 30.6 Å². The van der Waals surface area contributed by atoms with Gasteiger partial charge in [-0.25, -0.2) is 9.36 Å². The van der Waals surface area contributed by atoms with Crippen molar-refractivity contribution >= 4 is 28.3 Å². The third-order valence-electron chi connectivity index (χ3n) is 7.20. The van der Waals surface area contributed by atoms with E-state index in [0.717, 1.165) is 34.4 Å². The molecule has 0 radical (unpaired) electrons. The van der Waals surface area contributed by atoms with E-state index in [1.807, 2.05) is 6.07 Å². The molecule has 0 unspecified atom stereocenters. The van der Waals surface area contributed by atoms with Crippen LogP contribution >= 0.6 is 0 Å². The Bertz CT molecular complexity index is 1830. The van der Waals surface area contributed by atoms with Crippen LogP contribution in [0.1, 0.15) is 50.7 Å². The predicted octanol–water partition coefficient (Wildman–Crippen LogP) is 5.44. The molecule has 3 aromatic carbocycles. The van der Waals surface area contributed by atoms with Crippen LogP contribution in [0.25, 0.3) is 33.4 Å². The third-order valence-corrected chi connectivity index (χ3v) is 7.20. The molecule has 1 saturated carbocycles. The Balaban J connectivity index is 1.49. The van der Waals surface area contributed by atoms with Crippen molar-refractivity contribution in [3.05, 3.63) is 89.4 Å². The van der Waals surface area contributed by atoms with Crippen molar-refractivity contribution in [1.82, 2.24) is 19.6 Å². The van der Waals surface area contributed by atoms with Gasteiger partial charge in [0.05, 0.1) is 28.2 Å². The first-order valence-electron chi connectivity index (χ1n) is 12.2. The van der Waals surface area contributed by atoms with Crippen molar-refractivity contribution in [1.29, 1.82) is 0 Å². The first kappa shape index (κ1) is 23.2. The average Bonchev–Trinajstić information content (AvgIpc) is 3.30. The summed E-state index contributed by atoms with van der Waals surface area (Å²) in [6.45, 7) is 0. The van der Waals surface area contributed by atoms with Gasteiger partial charge >= 0.3 is 6.18 Å². The Labute approximate surface area is 218 Å². The number of anilines is 1. The van der Waals surface area contributed by atoms with Crippen molar-refractivity contribution in [2.45, 2.75) is 24.9 Å². The second-order valence-electron chi connectivity index (χ2n) is 9.65. The molecule has 8 nitrogen and oxygen atoms in total. The number of primary amides is 1. The number of nitrogens with zero attached hydrogens (tertiary/aromatic N) is 4. The molecule has 194 valence electrons. The molecule has 0 saturated heterocycles. The van der Waals surface area contributed by atoms with Crippen LogP contribution in [0.15, 0.2) is 67.0 Å². The Hall–Kier alpha value is -4.93. The maximum atomic E-state index is 14.2. The number of benzene rings is 3. The van der Waals surface area contributed by atoms with Gasteiger partial charge in [-0.15, -0.1) is 0 Å². The summed E-state index contributed by atoms with van der Waals surface area (Å²) in [5.41, 5.74) is 7.38. The van der Waals surface area contributed by atoms with Gasteiger partial charge in [-0.05, 0) is 49.2 Å². The Morgan fingerprint density at radius 2 is 1.85 bits per heavy atom. The Morgan fingerprint density at radius 3 is 2.54 bits per heavy atom. The Morgan fingerprint density at radius 1 is 1.05 bits per heavy atom. The molecule has 5 aromatic rings. The largest absolute Gasteiger partial charge is 0.418 e. The molecule has 2 amide bonds. The van der Waals surface area contributed by atoms with Crippen LogP contribution in [0, 0.1) is 0 Å². The summed E-state index contributed by atoms with van der Waals surface area (Å²) in [4.78, 5) is 25.3. The van der Waals surface area contributed by atoms with Crippen LogP contribution in [0.2, 0.25) is 0 Å². The topological polar surface area (TPSA) is 108 Å². The van der Waals surface area contributed by atoms with E-state index in [2.05, 4.69) is 10.4 Å². The summed E-state index contributed by atoms with van der Waals surface area (Å²) in [6.07, 6.45) is -0.293. The number of rotatable bonds is 5. The van der Waals surface area contributed by atoms with Crippen molar-refractivity contribution in [3.63, 3.8) is 0 Å². The predicted molar refractivity (Wildman–Crippen MR) is 137 cm³/mol. The lowest BCUT2D eigenvalue weighted by Gasteiger charge is -2.14. The number of hydrogen-bond donors (Lipinski definition) is 2. The lowest BCUT2D eigenvalue weighted by Crippen LogP contribution is -2.15. The van der Waals surface area contributed by atoms with Gasteiger partial charge < -0.3 is 11.1 Å². The normalized spacial score (nSPS) is 14.7. The minimum Gasteiger partial charge on any atom is -0.365 e. The van der Waals surface area contributed by atoms with Crippen LogP contribution in [-0.2, 0) is 6.18 Å². The van der Waals surface area contributed by atoms with Gasteiger partial charge in [-0.1, -0.05) is 18.2 Å². The summed E-state index contributed by atoms with van der Waals surface area (Å²) in [6, 6.07) is 14.2. The zero-order valence-electron chi connectivity index (χ0n) is 20.2. The van der Waals surface area contributed by atoms with Gasteiger partial charge in [0, 0.05) is 45.9 Å². The van der Waals surface area contributed by atoms with Gasteiger partial charge in [0.25, 0.3) is 11.8 Å². The first-order valence-corrected chi connectivity index (χ1v) is 12.2. The fourth-order valence-corrected chi connectivity index (χ4v) is 5.37. The quantitative estimate of drug-likeness (QED) is 0.317. The molecular weight excluding hydrogens is 509 g/mol. The number of aromatic nitrogens is 4. The molecule has 0 bridgehead atoms. The summed E-state index contributed by atoms with van der Waals surface area (Å²) in [5.74, 6) is -1.02. The van der Waals surface area contributed by atoms with Crippen LogP contribution in [0.4, 0.5) is 18.9 Å². The Kier molecular flexibility index (Phi) is 4.78. The van der Waals surface area contributed by atoms with Gasteiger partial charge in [-0.2, -0.15) is 23.4 Å². The van der Waals surface area contributed by atoms with E-state index >= 15 is 0 Å². The number of alkyl halides is 3. The fraction of sp³-hybridized carbons (Fsp3) is 0.143. The molecule has 3 N–H and O–H groups in total. The number of nitrogens with two attached hydrogens (primary N) is 1. The molecule has 2 aliphatic rings. The second kappa shape index (κ2) is 8.03. The molecule has 7 rings (SSSR count). The summed E-state index contributed by atoms with van der Waals surface area (Å²) >= 11 is 0. The van der Waals surface area contributed by atoms with E-state index in [1.54, 1.807) is 28.9 Å². The highest BCUT2D eigenvalue weighted by Crippen LogP contribution is 2.47. The lowest BCUT2D eigenvalue weighted by molar-refractivity contribution is -0.137. The number of halogens is 3. The first-order chi connectivity index (χ1) is 18.7. The molecule has 1 aliphatic heterocycles. The molecule has 11 heteroatoms. The highest BCUT2D eigenvalue weighted by molar-refractivity contribution is 6.25. The highest BCUT2D eigenvalue weighted by atomic mass is 19.4. The summed E-state index contributed by atoms with van der Waals surface area (Å²) in [7, 11) is 0. The molecular formula is C28H19F3N6O2. The minimum absolute atomic E-state index is 0.0259. The van der Waals surface area contributed by atoms with Crippen molar-refractivity contribution < 1.29 is 22.8 Å². The molecule has 3 heterocycles. The molecule has 0 atom stereocenters. The van der Waals surface area contributed by atoms with Crippen LogP contribution in [0.5, 0.6) is 0 Å². The van der Waals surface area contributed by atoms with E-state index < -0.39 is 17.6 Å². The number of amides is 2. The third kappa shape index (κ3) is 3.53. The highest BCUT2D eigenvalue weighted by Gasteiger charge is 2.38. The number of hydrogen-bond acceptors (Lipinski definition) is 4. The minimum atomic E-state index is -4.69. The number of carbonyl (C=O) groups excluding carboxylic acids is 2. The van der Waals surface area contributed by atoms with E-state index in [4.69, 9.17) is 10.8 Å². The number of nitrogens with one attached hydrogen (secondary N) is 1. The number of carbonyl (C=O) groups is 2. The van der Waals surface area contributed by atoms with Gasteiger partial charge in [0.1, 0.15) is 5.69 Å².